The van der Waals surface area contributed by atoms with Crippen molar-refractivity contribution in [2.75, 3.05) is 13.1 Å². The van der Waals surface area contributed by atoms with Crippen LogP contribution in [0, 0.1) is 0 Å². The van der Waals surface area contributed by atoms with Crippen molar-refractivity contribution in [3.63, 3.8) is 0 Å². The molecule has 0 atom stereocenters. The Morgan fingerprint density at radius 1 is 0.962 bits per heavy atom. The van der Waals surface area contributed by atoms with Crippen LogP contribution in [0.5, 0.6) is 0 Å². The Kier molecular flexibility index (Phi) is 5.14. The van der Waals surface area contributed by atoms with Crippen molar-refractivity contribution in [2.45, 2.75) is 22.6 Å². The normalized spacial score (nSPS) is 15.8. The van der Waals surface area contributed by atoms with Crippen molar-refractivity contribution in [1.29, 1.82) is 0 Å². The molecule has 0 bridgehead atoms. The molecule has 0 radical (unpaired) electrons. The molecule has 2 N–H and O–H groups in total. The number of hydrogen-bond acceptors (Lipinski definition) is 6. The third kappa shape index (κ3) is 3.80. The largest absolute Gasteiger partial charge is 0.459 e. The first-order chi connectivity index (χ1) is 12.3. The Morgan fingerprint density at radius 2 is 1.58 bits per heavy atom. The van der Waals surface area contributed by atoms with Gasteiger partial charge >= 0.3 is 5.91 Å². The summed E-state index contributed by atoms with van der Waals surface area (Å²) in [6, 6.07) is 7.67. The van der Waals surface area contributed by atoms with Crippen molar-refractivity contribution < 1.29 is 26.0 Å². The third-order valence-electron chi connectivity index (χ3n) is 3.88. The molecule has 1 amide bonds. The molecule has 26 heavy (non-hydrogen) atoms. The molecule has 1 fully saturated rings. The first-order valence-electron chi connectivity index (χ1n) is 7.76. The zero-order valence-corrected chi connectivity index (χ0v) is 15.2. The number of sulfonamides is 2. The lowest BCUT2D eigenvalue weighted by molar-refractivity contribution is 0.0917. The van der Waals surface area contributed by atoms with E-state index >= 15 is 0 Å². The minimum atomic E-state index is -4.06. The number of rotatable bonds is 6. The predicted octanol–water partition coefficient (Wildman–Crippen LogP) is 0.687. The molecule has 3 rings (SSSR count). The maximum atomic E-state index is 12.4. The summed E-state index contributed by atoms with van der Waals surface area (Å²) in [7, 11) is -7.68. The predicted molar refractivity (Wildman–Crippen MR) is 90.9 cm³/mol. The molecule has 1 aromatic heterocycles. The van der Waals surface area contributed by atoms with Crippen LogP contribution >= 0.6 is 0 Å². The molecular weight excluding hydrogens is 382 g/mol. The lowest BCUT2D eigenvalue weighted by Crippen LogP contribution is -2.41. The van der Waals surface area contributed by atoms with E-state index in [9.17, 15) is 21.6 Å². The minimum Gasteiger partial charge on any atom is -0.459 e. The van der Waals surface area contributed by atoms with Gasteiger partial charge in [0.2, 0.25) is 10.0 Å². The molecule has 9 nitrogen and oxygen atoms in total. The highest BCUT2D eigenvalue weighted by molar-refractivity contribution is 7.89. The topological polar surface area (TPSA) is 126 Å². The SMILES string of the molecule is O=C(NNS(=O)(=O)c1ccc(S(=O)(=O)N2CCCC2)cc1)c1ccco1. The van der Waals surface area contributed by atoms with Gasteiger partial charge in [-0.1, -0.05) is 0 Å². The summed E-state index contributed by atoms with van der Waals surface area (Å²) < 4.78 is 55.5. The number of nitrogens with one attached hydrogen (secondary N) is 2. The van der Waals surface area contributed by atoms with Crippen LogP contribution in [0.15, 0.2) is 56.9 Å². The fraction of sp³-hybridized carbons (Fsp3) is 0.267. The molecule has 0 spiro atoms. The van der Waals surface area contributed by atoms with Crippen molar-refractivity contribution in [1.82, 2.24) is 14.6 Å². The molecule has 0 saturated carbocycles. The van der Waals surface area contributed by atoms with Gasteiger partial charge in [0.15, 0.2) is 5.76 Å². The first-order valence-corrected chi connectivity index (χ1v) is 10.7. The van der Waals surface area contributed by atoms with Crippen LogP contribution in [-0.2, 0) is 20.0 Å². The number of carbonyl (C=O) groups excluding carboxylic acids is 1. The smallest absolute Gasteiger partial charge is 0.301 e. The monoisotopic (exact) mass is 399 g/mol. The van der Waals surface area contributed by atoms with Crippen LogP contribution in [0.2, 0.25) is 0 Å². The minimum absolute atomic E-state index is 0.0259. The fourth-order valence-corrected chi connectivity index (χ4v) is 4.87. The van der Waals surface area contributed by atoms with Gasteiger partial charge in [-0.15, -0.1) is 4.83 Å². The summed E-state index contributed by atoms with van der Waals surface area (Å²) in [5.41, 5.74) is 2.02. The highest BCUT2D eigenvalue weighted by atomic mass is 32.2. The van der Waals surface area contributed by atoms with E-state index in [2.05, 4.69) is 0 Å². The van der Waals surface area contributed by atoms with E-state index in [0.717, 1.165) is 12.8 Å². The molecular formula is C15H17N3O6S2. The highest BCUT2D eigenvalue weighted by Crippen LogP contribution is 2.22. The van der Waals surface area contributed by atoms with Crippen molar-refractivity contribution in [3.05, 3.63) is 48.4 Å². The number of carbonyl (C=O) groups is 1. The average molecular weight is 399 g/mol. The first kappa shape index (κ1) is 18.6. The zero-order valence-electron chi connectivity index (χ0n) is 13.6. The maximum absolute atomic E-state index is 12.4. The van der Waals surface area contributed by atoms with Gasteiger partial charge < -0.3 is 4.42 Å². The van der Waals surface area contributed by atoms with Crippen LogP contribution in [0.4, 0.5) is 0 Å². The Bertz CT molecular complexity index is 977. The lowest BCUT2D eigenvalue weighted by Gasteiger charge is -2.15. The van der Waals surface area contributed by atoms with Gasteiger partial charge in [0.25, 0.3) is 10.0 Å². The molecule has 1 aliphatic rings. The van der Waals surface area contributed by atoms with E-state index in [1.807, 2.05) is 10.3 Å². The van der Waals surface area contributed by atoms with Gasteiger partial charge in [-0.05, 0) is 49.2 Å². The van der Waals surface area contributed by atoms with Gasteiger partial charge in [-0.2, -0.15) is 4.31 Å². The molecule has 1 aliphatic heterocycles. The second-order valence-electron chi connectivity index (χ2n) is 5.62. The Hall–Kier alpha value is -2.21. The Balaban J connectivity index is 1.71. The summed E-state index contributed by atoms with van der Waals surface area (Å²) in [6.45, 7) is 0.922. The molecule has 0 unspecified atom stereocenters. The van der Waals surface area contributed by atoms with E-state index in [1.54, 1.807) is 0 Å². The quantitative estimate of drug-likeness (QED) is 0.688. The average Bonchev–Trinajstić information content (AvgIpc) is 3.33. The summed E-state index contributed by atoms with van der Waals surface area (Å²) in [4.78, 5) is 13.5. The van der Waals surface area contributed by atoms with Crippen LogP contribution in [0.1, 0.15) is 23.4 Å². The number of benzene rings is 1. The molecule has 0 aliphatic carbocycles. The zero-order chi connectivity index (χ0) is 18.8. The van der Waals surface area contributed by atoms with E-state index in [0.29, 0.717) is 13.1 Å². The van der Waals surface area contributed by atoms with E-state index < -0.39 is 26.0 Å². The summed E-state index contributed by atoms with van der Waals surface area (Å²) >= 11 is 0. The second kappa shape index (κ2) is 7.19. The number of hydrazine groups is 1. The molecule has 11 heteroatoms. The van der Waals surface area contributed by atoms with Gasteiger partial charge in [0.1, 0.15) is 0 Å². The molecule has 1 saturated heterocycles. The number of hydrogen-bond donors (Lipinski definition) is 2. The molecule has 2 aromatic rings. The van der Waals surface area contributed by atoms with Gasteiger partial charge in [-0.3, -0.25) is 10.2 Å². The number of amides is 1. The Morgan fingerprint density at radius 3 is 2.15 bits per heavy atom. The molecule has 2 heterocycles. The van der Waals surface area contributed by atoms with Gasteiger partial charge in [0, 0.05) is 13.1 Å². The Labute approximate surface area is 151 Å². The fourth-order valence-electron chi connectivity index (χ4n) is 2.51. The molecule has 140 valence electrons. The number of nitrogens with zero attached hydrogens (tertiary/aromatic N) is 1. The van der Waals surface area contributed by atoms with Crippen LogP contribution in [-0.4, -0.2) is 40.1 Å². The van der Waals surface area contributed by atoms with Crippen molar-refractivity contribution in [3.8, 4) is 0 Å². The van der Waals surface area contributed by atoms with Crippen LogP contribution in [0.3, 0.4) is 0 Å². The van der Waals surface area contributed by atoms with E-state index in [-0.39, 0.29) is 15.6 Å². The standard InChI is InChI=1S/C15H17N3O6S2/c19-15(14-4-3-11-24-14)16-17-25(20,21)12-5-7-13(8-6-12)26(22,23)18-9-1-2-10-18/h3-8,11,17H,1-2,9-10H2,(H,16,19). The van der Waals surface area contributed by atoms with Gasteiger partial charge in [-0.25, -0.2) is 16.8 Å². The van der Waals surface area contributed by atoms with Gasteiger partial charge in [0.05, 0.1) is 16.1 Å². The summed E-state index contributed by atoms with van der Waals surface area (Å²) in [6.07, 6.45) is 2.90. The number of furan rings is 1. The lowest BCUT2D eigenvalue weighted by atomic mass is 10.4. The third-order valence-corrected chi connectivity index (χ3v) is 7.06. The second-order valence-corrected chi connectivity index (χ2v) is 9.24. The molecule has 1 aromatic carbocycles. The van der Waals surface area contributed by atoms with Crippen molar-refractivity contribution in [2.24, 2.45) is 0 Å². The van der Waals surface area contributed by atoms with E-state index in [1.165, 1.54) is 47.0 Å². The van der Waals surface area contributed by atoms with Crippen LogP contribution < -0.4 is 10.3 Å². The summed E-state index contributed by atoms with van der Waals surface area (Å²) in [5, 5.41) is 0. The highest BCUT2D eigenvalue weighted by Gasteiger charge is 2.27. The van der Waals surface area contributed by atoms with E-state index in [4.69, 9.17) is 4.42 Å². The summed E-state index contributed by atoms with van der Waals surface area (Å²) in [5.74, 6) is -0.813. The van der Waals surface area contributed by atoms with Crippen LogP contribution in [0.25, 0.3) is 0 Å². The van der Waals surface area contributed by atoms with Crippen molar-refractivity contribution >= 4 is 26.0 Å². The maximum Gasteiger partial charge on any atom is 0.301 e.